The van der Waals surface area contributed by atoms with Crippen LogP contribution in [0.1, 0.15) is 31.9 Å². The van der Waals surface area contributed by atoms with Gasteiger partial charge in [-0.3, -0.25) is 4.90 Å². The van der Waals surface area contributed by atoms with Gasteiger partial charge in [0.15, 0.2) is 0 Å². The number of hydrogen-bond donors (Lipinski definition) is 1. The van der Waals surface area contributed by atoms with Gasteiger partial charge in [-0.2, -0.15) is 0 Å². The van der Waals surface area contributed by atoms with Crippen LogP contribution >= 0.6 is 28.3 Å². The van der Waals surface area contributed by atoms with E-state index in [9.17, 15) is 4.39 Å². The van der Waals surface area contributed by atoms with E-state index in [1.165, 1.54) is 0 Å². The molecule has 1 atom stereocenters. The molecule has 1 aliphatic rings. The highest BCUT2D eigenvalue weighted by molar-refractivity contribution is 9.10. The molecular formula is C15H23BrClFN2. The largest absolute Gasteiger partial charge is 0.314 e. The lowest BCUT2D eigenvalue weighted by Crippen LogP contribution is -2.45. The Bertz CT molecular complexity index is 422. The molecular weight excluding hydrogens is 343 g/mol. The molecule has 1 heterocycles. The number of hydrogen-bond acceptors (Lipinski definition) is 2. The van der Waals surface area contributed by atoms with Crippen molar-refractivity contribution in [2.45, 2.75) is 26.3 Å². The molecule has 0 aromatic heterocycles. The molecule has 5 heteroatoms. The van der Waals surface area contributed by atoms with Crippen molar-refractivity contribution < 1.29 is 4.39 Å². The molecule has 1 aliphatic heterocycles. The average Bonchev–Trinajstić information content (AvgIpc) is 2.40. The van der Waals surface area contributed by atoms with Gasteiger partial charge in [-0.05, 0) is 34.3 Å². The Morgan fingerprint density at radius 3 is 2.55 bits per heavy atom. The highest BCUT2D eigenvalue weighted by Gasteiger charge is 2.25. The van der Waals surface area contributed by atoms with Gasteiger partial charge < -0.3 is 5.32 Å². The number of benzene rings is 1. The van der Waals surface area contributed by atoms with Gasteiger partial charge in [-0.15, -0.1) is 12.4 Å². The van der Waals surface area contributed by atoms with E-state index < -0.39 is 0 Å². The Kier molecular flexibility index (Phi) is 7.45. The predicted molar refractivity (Wildman–Crippen MR) is 88.0 cm³/mol. The Labute approximate surface area is 135 Å². The van der Waals surface area contributed by atoms with Crippen LogP contribution in [0.3, 0.4) is 0 Å². The lowest BCUT2D eigenvalue weighted by atomic mass is 9.94. The maximum absolute atomic E-state index is 14.4. The summed E-state index contributed by atoms with van der Waals surface area (Å²) in [6, 6.07) is 5.80. The molecule has 0 spiro atoms. The van der Waals surface area contributed by atoms with Gasteiger partial charge in [0.1, 0.15) is 5.82 Å². The van der Waals surface area contributed by atoms with Crippen LogP contribution in [-0.4, -0.2) is 31.1 Å². The van der Waals surface area contributed by atoms with Crippen molar-refractivity contribution in [2.75, 3.05) is 26.2 Å². The van der Waals surface area contributed by atoms with Crippen molar-refractivity contribution in [1.82, 2.24) is 10.2 Å². The van der Waals surface area contributed by atoms with Crippen LogP contribution in [0, 0.1) is 11.7 Å². The predicted octanol–water partition coefficient (Wildman–Crippen LogP) is 4.00. The quantitative estimate of drug-likeness (QED) is 0.867. The van der Waals surface area contributed by atoms with E-state index in [1.54, 1.807) is 6.07 Å². The summed E-state index contributed by atoms with van der Waals surface area (Å²) >= 11 is 3.30. The average molecular weight is 366 g/mol. The molecule has 1 aromatic carbocycles. The van der Waals surface area contributed by atoms with Crippen molar-refractivity contribution in [1.29, 1.82) is 0 Å². The SMILES string of the molecule is CC(C)C[C@H](c1cccc(Br)c1F)N1CCNCC1.Cl. The van der Waals surface area contributed by atoms with Crippen LogP contribution in [0.5, 0.6) is 0 Å². The standard InChI is InChI=1S/C15H22BrFN2.ClH/c1-11(2)10-14(19-8-6-18-7-9-19)12-4-3-5-13(16)15(12)17;/h3-5,11,14,18H,6-10H2,1-2H3;1H/t14-;/m1./s1. The Balaban J connectivity index is 0.00000200. The second kappa shape index (κ2) is 8.32. The fourth-order valence-electron chi connectivity index (χ4n) is 2.69. The zero-order chi connectivity index (χ0) is 13.8. The fraction of sp³-hybridized carbons (Fsp3) is 0.600. The summed E-state index contributed by atoms with van der Waals surface area (Å²) in [6.07, 6.45) is 0.993. The minimum atomic E-state index is -0.105. The summed E-state index contributed by atoms with van der Waals surface area (Å²) in [5, 5.41) is 3.36. The molecule has 2 nitrogen and oxygen atoms in total. The number of piperazine rings is 1. The number of nitrogens with zero attached hydrogens (tertiary/aromatic N) is 1. The van der Waals surface area contributed by atoms with Crippen molar-refractivity contribution >= 4 is 28.3 Å². The second-order valence-corrected chi connectivity index (χ2v) is 6.43. The first-order chi connectivity index (χ1) is 9.09. The van der Waals surface area contributed by atoms with E-state index in [0.717, 1.165) is 38.2 Å². The second-order valence-electron chi connectivity index (χ2n) is 5.57. The molecule has 1 N–H and O–H groups in total. The monoisotopic (exact) mass is 364 g/mol. The molecule has 0 saturated carbocycles. The highest BCUT2D eigenvalue weighted by atomic mass is 79.9. The Hall–Kier alpha value is -0.160. The Morgan fingerprint density at radius 1 is 1.30 bits per heavy atom. The van der Waals surface area contributed by atoms with Gasteiger partial charge in [0.2, 0.25) is 0 Å². The summed E-state index contributed by atoms with van der Waals surface area (Å²) < 4.78 is 14.9. The highest BCUT2D eigenvalue weighted by Crippen LogP contribution is 2.32. The van der Waals surface area contributed by atoms with Gasteiger partial charge in [0.05, 0.1) is 4.47 Å². The fourth-order valence-corrected chi connectivity index (χ4v) is 3.07. The van der Waals surface area contributed by atoms with Crippen molar-refractivity contribution in [3.05, 3.63) is 34.1 Å². The molecule has 2 rings (SSSR count). The number of nitrogens with one attached hydrogen (secondary N) is 1. The minimum Gasteiger partial charge on any atom is -0.314 e. The summed E-state index contributed by atoms with van der Waals surface area (Å²) in [6.45, 7) is 8.36. The maximum Gasteiger partial charge on any atom is 0.142 e. The van der Waals surface area contributed by atoms with E-state index in [0.29, 0.717) is 10.4 Å². The van der Waals surface area contributed by atoms with E-state index in [-0.39, 0.29) is 24.3 Å². The first-order valence-electron chi connectivity index (χ1n) is 6.98. The smallest absolute Gasteiger partial charge is 0.142 e. The molecule has 1 fully saturated rings. The topological polar surface area (TPSA) is 15.3 Å². The number of rotatable bonds is 4. The summed E-state index contributed by atoms with van der Waals surface area (Å²) in [5.74, 6) is 0.449. The van der Waals surface area contributed by atoms with Crippen LogP contribution in [0.4, 0.5) is 4.39 Å². The van der Waals surface area contributed by atoms with Crippen molar-refractivity contribution in [3.63, 3.8) is 0 Å². The van der Waals surface area contributed by atoms with E-state index in [1.807, 2.05) is 12.1 Å². The van der Waals surface area contributed by atoms with Crippen molar-refractivity contribution in [2.24, 2.45) is 5.92 Å². The lowest BCUT2D eigenvalue weighted by Gasteiger charge is -2.36. The van der Waals surface area contributed by atoms with Crippen molar-refractivity contribution in [3.8, 4) is 0 Å². The summed E-state index contributed by atoms with van der Waals surface area (Å²) in [7, 11) is 0. The summed E-state index contributed by atoms with van der Waals surface area (Å²) in [4.78, 5) is 2.40. The molecule has 0 aliphatic carbocycles. The molecule has 0 radical (unpaired) electrons. The van der Waals surface area contributed by atoms with Crippen LogP contribution in [0.2, 0.25) is 0 Å². The lowest BCUT2D eigenvalue weighted by molar-refractivity contribution is 0.151. The minimum absolute atomic E-state index is 0. The van der Waals surface area contributed by atoms with Gasteiger partial charge >= 0.3 is 0 Å². The molecule has 1 aromatic rings. The zero-order valence-corrected chi connectivity index (χ0v) is 14.4. The van der Waals surface area contributed by atoms with Gasteiger partial charge in [-0.1, -0.05) is 26.0 Å². The third kappa shape index (κ3) is 4.42. The third-order valence-corrected chi connectivity index (χ3v) is 4.24. The molecule has 0 bridgehead atoms. The van der Waals surface area contributed by atoms with E-state index >= 15 is 0 Å². The van der Waals surface area contributed by atoms with Crippen LogP contribution in [0.15, 0.2) is 22.7 Å². The van der Waals surface area contributed by atoms with Crippen LogP contribution < -0.4 is 5.32 Å². The molecule has 20 heavy (non-hydrogen) atoms. The number of halogens is 3. The molecule has 0 unspecified atom stereocenters. The normalized spacial score (nSPS) is 17.9. The van der Waals surface area contributed by atoms with E-state index in [2.05, 4.69) is 40.0 Å². The molecule has 114 valence electrons. The summed E-state index contributed by atoms with van der Waals surface area (Å²) in [5.41, 5.74) is 0.824. The first-order valence-corrected chi connectivity index (χ1v) is 7.77. The van der Waals surface area contributed by atoms with Crippen LogP contribution in [0.25, 0.3) is 0 Å². The molecule has 1 saturated heterocycles. The Morgan fingerprint density at radius 2 is 1.95 bits per heavy atom. The third-order valence-electron chi connectivity index (χ3n) is 3.63. The van der Waals surface area contributed by atoms with Gasteiger partial charge in [0, 0.05) is 37.8 Å². The van der Waals surface area contributed by atoms with E-state index in [4.69, 9.17) is 0 Å². The maximum atomic E-state index is 14.4. The van der Waals surface area contributed by atoms with Gasteiger partial charge in [-0.25, -0.2) is 4.39 Å². The zero-order valence-electron chi connectivity index (χ0n) is 12.0. The first kappa shape index (κ1) is 17.9. The van der Waals surface area contributed by atoms with Crippen LogP contribution in [-0.2, 0) is 0 Å². The molecule has 0 amide bonds. The van der Waals surface area contributed by atoms with Gasteiger partial charge in [0.25, 0.3) is 0 Å².